The highest BCUT2D eigenvalue weighted by Crippen LogP contribution is 2.28. The van der Waals surface area contributed by atoms with Gasteiger partial charge in [0.2, 0.25) is 15.9 Å². The van der Waals surface area contributed by atoms with E-state index in [2.05, 4.69) is 0 Å². The van der Waals surface area contributed by atoms with Crippen LogP contribution in [-0.4, -0.2) is 61.7 Å². The van der Waals surface area contributed by atoms with Crippen LogP contribution in [0.3, 0.4) is 0 Å². The molecular formula is C21H22ClN3O4S. The highest BCUT2D eigenvalue weighted by molar-refractivity contribution is 7.89. The normalized spacial score (nSPS) is 21.4. The summed E-state index contributed by atoms with van der Waals surface area (Å²) in [6.45, 7) is 3.20. The van der Waals surface area contributed by atoms with Crippen LogP contribution in [0.2, 0.25) is 5.02 Å². The number of imide groups is 1. The number of piperazine rings is 1. The molecule has 2 aliphatic heterocycles. The van der Waals surface area contributed by atoms with E-state index in [4.69, 9.17) is 11.6 Å². The Labute approximate surface area is 180 Å². The van der Waals surface area contributed by atoms with Gasteiger partial charge in [-0.3, -0.25) is 14.5 Å². The van der Waals surface area contributed by atoms with Gasteiger partial charge in [0.1, 0.15) is 0 Å². The molecule has 0 radical (unpaired) electrons. The van der Waals surface area contributed by atoms with Gasteiger partial charge in [-0.2, -0.15) is 4.31 Å². The Morgan fingerprint density at radius 1 is 0.967 bits per heavy atom. The second-order valence-electron chi connectivity index (χ2n) is 7.52. The number of rotatable bonds is 4. The van der Waals surface area contributed by atoms with Crippen LogP contribution in [0.25, 0.3) is 0 Å². The minimum Gasteiger partial charge on any atom is -0.289 e. The maximum Gasteiger partial charge on any atom is 0.251 e. The van der Waals surface area contributed by atoms with Crippen LogP contribution in [0.4, 0.5) is 5.69 Å². The fraction of sp³-hybridized carbons (Fsp3) is 0.333. The third-order valence-electron chi connectivity index (χ3n) is 5.56. The highest BCUT2D eigenvalue weighted by Gasteiger charge is 2.44. The van der Waals surface area contributed by atoms with E-state index < -0.39 is 16.1 Å². The fourth-order valence-electron chi connectivity index (χ4n) is 3.90. The van der Waals surface area contributed by atoms with Gasteiger partial charge in [0.05, 0.1) is 23.0 Å². The summed E-state index contributed by atoms with van der Waals surface area (Å²) in [5.74, 6) is -0.488. The van der Waals surface area contributed by atoms with Crippen LogP contribution in [0.15, 0.2) is 53.4 Å². The number of carbonyl (C=O) groups is 2. The first kappa shape index (κ1) is 21.0. The SMILES string of the molecule is Cc1ccc(N2C(=O)CC(N3CCN(S(=O)(=O)c4cccc(Cl)c4)CC3)C2=O)cc1. The smallest absolute Gasteiger partial charge is 0.251 e. The lowest BCUT2D eigenvalue weighted by Gasteiger charge is -2.36. The molecule has 0 bridgehead atoms. The third kappa shape index (κ3) is 3.88. The summed E-state index contributed by atoms with van der Waals surface area (Å²) >= 11 is 5.94. The van der Waals surface area contributed by atoms with Crippen molar-refractivity contribution in [3.8, 4) is 0 Å². The zero-order valence-electron chi connectivity index (χ0n) is 16.5. The van der Waals surface area contributed by atoms with Crippen LogP contribution in [0, 0.1) is 6.92 Å². The molecule has 2 fully saturated rings. The Hall–Kier alpha value is -2.26. The quantitative estimate of drug-likeness (QED) is 0.672. The lowest BCUT2D eigenvalue weighted by molar-refractivity contribution is -0.123. The summed E-state index contributed by atoms with van der Waals surface area (Å²) in [6, 6.07) is 12.9. The summed E-state index contributed by atoms with van der Waals surface area (Å²) in [5, 5.41) is 0.362. The zero-order valence-corrected chi connectivity index (χ0v) is 18.1. The fourth-order valence-corrected chi connectivity index (χ4v) is 5.62. The van der Waals surface area contributed by atoms with E-state index in [1.165, 1.54) is 21.3 Å². The molecule has 2 saturated heterocycles. The molecular weight excluding hydrogens is 426 g/mol. The van der Waals surface area contributed by atoms with Crippen molar-refractivity contribution in [3.63, 3.8) is 0 Å². The molecule has 1 atom stereocenters. The van der Waals surface area contributed by atoms with Gasteiger partial charge in [-0.1, -0.05) is 35.4 Å². The molecule has 2 aromatic carbocycles. The largest absolute Gasteiger partial charge is 0.289 e. The van der Waals surface area contributed by atoms with Crippen molar-refractivity contribution in [1.82, 2.24) is 9.21 Å². The van der Waals surface area contributed by atoms with Crippen molar-refractivity contribution in [2.75, 3.05) is 31.1 Å². The van der Waals surface area contributed by atoms with Crippen molar-refractivity contribution in [2.45, 2.75) is 24.3 Å². The van der Waals surface area contributed by atoms with Gasteiger partial charge in [-0.25, -0.2) is 13.3 Å². The Balaban J connectivity index is 1.45. The number of aryl methyl sites for hydroxylation is 1. The van der Waals surface area contributed by atoms with Crippen LogP contribution < -0.4 is 4.90 Å². The van der Waals surface area contributed by atoms with Gasteiger partial charge in [0.25, 0.3) is 5.91 Å². The Morgan fingerprint density at radius 3 is 2.27 bits per heavy atom. The molecule has 0 saturated carbocycles. The second kappa shape index (κ2) is 8.11. The molecule has 0 N–H and O–H groups in total. The van der Waals surface area contributed by atoms with E-state index in [1.807, 2.05) is 24.0 Å². The molecule has 2 aliphatic rings. The molecule has 9 heteroatoms. The lowest BCUT2D eigenvalue weighted by Crippen LogP contribution is -2.53. The van der Waals surface area contributed by atoms with Gasteiger partial charge < -0.3 is 0 Å². The van der Waals surface area contributed by atoms with E-state index in [0.717, 1.165) is 5.56 Å². The summed E-state index contributed by atoms with van der Waals surface area (Å²) in [7, 11) is -3.65. The molecule has 0 spiro atoms. The van der Waals surface area contributed by atoms with E-state index in [1.54, 1.807) is 24.3 Å². The minimum atomic E-state index is -3.65. The van der Waals surface area contributed by atoms with Crippen molar-refractivity contribution in [1.29, 1.82) is 0 Å². The molecule has 7 nitrogen and oxygen atoms in total. The number of carbonyl (C=O) groups excluding carboxylic acids is 2. The minimum absolute atomic E-state index is 0.105. The van der Waals surface area contributed by atoms with Crippen LogP contribution >= 0.6 is 11.6 Å². The molecule has 2 amide bonds. The zero-order chi connectivity index (χ0) is 21.5. The predicted molar refractivity (Wildman–Crippen MR) is 114 cm³/mol. The average Bonchev–Trinajstić information content (AvgIpc) is 3.03. The van der Waals surface area contributed by atoms with Crippen molar-refractivity contribution >= 4 is 39.1 Å². The number of hydrogen-bond donors (Lipinski definition) is 0. The molecule has 1 unspecified atom stereocenters. The van der Waals surface area contributed by atoms with Crippen LogP contribution in [0.5, 0.6) is 0 Å². The number of halogens is 1. The van der Waals surface area contributed by atoms with Crippen LogP contribution in [-0.2, 0) is 19.6 Å². The standard InChI is InChI=1S/C21H22ClN3O4S/c1-15-5-7-17(8-6-15)25-20(26)14-19(21(25)27)23-9-11-24(12-10-23)30(28,29)18-4-2-3-16(22)13-18/h2-8,13,19H,9-12,14H2,1H3. The van der Waals surface area contributed by atoms with Gasteiger partial charge >= 0.3 is 0 Å². The summed E-state index contributed by atoms with van der Waals surface area (Å²) in [4.78, 5) is 28.8. The number of nitrogens with zero attached hydrogens (tertiary/aromatic N) is 3. The monoisotopic (exact) mass is 447 g/mol. The average molecular weight is 448 g/mol. The van der Waals surface area contributed by atoms with Gasteiger partial charge in [-0.05, 0) is 37.3 Å². The van der Waals surface area contributed by atoms with E-state index in [9.17, 15) is 18.0 Å². The number of benzene rings is 2. The van der Waals surface area contributed by atoms with Crippen LogP contribution in [0.1, 0.15) is 12.0 Å². The first-order chi connectivity index (χ1) is 14.3. The maximum atomic E-state index is 13.0. The van der Waals surface area contributed by atoms with E-state index in [-0.39, 0.29) is 36.2 Å². The second-order valence-corrected chi connectivity index (χ2v) is 9.89. The maximum absolute atomic E-state index is 13.0. The molecule has 4 rings (SSSR count). The summed E-state index contributed by atoms with van der Waals surface area (Å²) < 4.78 is 27.1. The molecule has 2 heterocycles. The predicted octanol–water partition coefficient (Wildman–Crippen LogP) is 2.29. The Bertz CT molecular complexity index is 1080. The number of hydrogen-bond acceptors (Lipinski definition) is 5. The van der Waals surface area contributed by atoms with Crippen molar-refractivity contribution in [2.24, 2.45) is 0 Å². The Morgan fingerprint density at radius 2 is 1.63 bits per heavy atom. The Kier molecular flexibility index (Phi) is 5.67. The summed E-state index contributed by atoms with van der Waals surface area (Å²) in [5.41, 5.74) is 1.62. The number of sulfonamides is 1. The highest BCUT2D eigenvalue weighted by atomic mass is 35.5. The third-order valence-corrected chi connectivity index (χ3v) is 7.69. The van der Waals surface area contributed by atoms with Gasteiger partial charge in [-0.15, -0.1) is 0 Å². The molecule has 2 aromatic rings. The van der Waals surface area contributed by atoms with Crippen molar-refractivity contribution < 1.29 is 18.0 Å². The van der Waals surface area contributed by atoms with E-state index in [0.29, 0.717) is 23.8 Å². The van der Waals surface area contributed by atoms with E-state index >= 15 is 0 Å². The number of anilines is 1. The lowest BCUT2D eigenvalue weighted by atomic mass is 10.2. The topological polar surface area (TPSA) is 78.0 Å². The molecule has 158 valence electrons. The first-order valence-corrected chi connectivity index (χ1v) is 11.5. The summed E-state index contributed by atoms with van der Waals surface area (Å²) in [6.07, 6.45) is 0.105. The van der Waals surface area contributed by atoms with Crippen molar-refractivity contribution in [3.05, 3.63) is 59.1 Å². The van der Waals surface area contributed by atoms with Gasteiger partial charge in [0.15, 0.2) is 0 Å². The molecule has 0 aliphatic carbocycles. The van der Waals surface area contributed by atoms with Gasteiger partial charge in [0, 0.05) is 31.2 Å². The molecule has 30 heavy (non-hydrogen) atoms. The first-order valence-electron chi connectivity index (χ1n) is 9.70. The number of amides is 2. The molecule has 0 aromatic heterocycles.